The van der Waals surface area contributed by atoms with E-state index in [2.05, 4.69) is 6.07 Å². The molecule has 0 aromatic heterocycles. The lowest BCUT2D eigenvalue weighted by Gasteiger charge is -2.15. The predicted molar refractivity (Wildman–Crippen MR) is 35.0 cm³/mol. The summed E-state index contributed by atoms with van der Waals surface area (Å²) in [6.07, 6.45) is 0. The van der Waals surface area contributed by atoms with Crippen LogP contribution in [0.5, 0.6) is 5.75 Å². The molecule has 1 heterocycles. The van der Waals surface area contributed by atoms with E-state index in [0.717, 1.165) is 11.3 Å². The van der Waals surface area contributed by atoms with Crippen molar-refractivity contribution in [2.24, 2.45) is 0 Å². The predicted octanol–water partition coefficient (Wildman–Crippen LogP) is 1.52. The second-order valence-corrected chi connectivity index (χ2v) is 2.06. The van der Waals surface area contributed by atoms with Gasteiger partial charge in [-0.1, -0.05) is 12.1 Å². The van der Waals surface area contributed by atoms with E-state index in [1.54, 1.807) is 6.07 Å². The van der Waals surface area contributed by atoms with E-state index in [1.165, 1.54) is 6.79 Å². The Bertz CT molecular complexity index is 207. The highest BCUT2D eigenvalue weighted by molar-refractivity contribution is 5.33. The fourth-order valence-electron chi connectivity index (χ4n) is 0.886. The topological polar surface area (TPSA) is 18.5 Å². The SMILES string of the molecule is [c]1ccc2c(c1)O[CH]OC2. The summed E-state index contributed by atoms with van der Waals surface area (Å²) < 4.78 is 9.98. The van der Waals surface area contributed by atoms with E-state index >= 15 is 0 Å². The third-order valence-corrected chi connectivity index (χ3v) is 1.39. The highest BCUT2D eigenvalue weighted by Gasteiger charge is 2.08. The fraction of sp³-hybridized carbons (Fsp3) is 0.125. The van der Waals surface area contributed by atoms with E-state index < -0.39 is 0 Å². The Hall–Kier alpha value is -1.02. The Kier molecular flexibility index (Phi) is 1.32. The van der Waals surface area contributed by atoms with Crippen molar-refractivity contribution in [3.05, 3.63) is 36.6 Å². The third-order valence-electron chi connectivity index (χ3n) is 1.39. The molecule has 50 valence electrons. The molecule has 2 heteroatoms. The van der Waals surface area contributed by atoms with Gasteiger partial charge in [-0.25, -0.2) is 0 Å². The quantitative estimate of drug-likeness (QED) is 0.535. The zero-order valence-corrected chi connectivity index (χ0v) is 5.33. The second kappa shape index (κ2) is 2.31. The summed E-state index contributed by atoms with van der Waals surface area (Å²) >= 11 is 0. The van der Waals surface area contributed by atoms with Gasteiger partial charge in [-0.3, -0.25) is 0 Å². The molecule has 10 heavy (non-hydrogen) atoms. The Morgan fingerprint density at radius 2 is 2.50 bits per heavy atom. The Labute approximate surface area is 59.4 Å². The molecule has 0 bridgehead atoms. The van der Waals surface area contributed by atoms with Crippen LogP contribution in [0.3, 0.4) is 0 Å². The van der Waals surface area contributed by atoms with Gasteiger partial charge in [-0.2, -0.15) is 0 Å². The minimum absolute atomic E-state index is 0.601. The Morgan fingerprint density at radius 1 is 1.50 bits per heavy atom. The number of ether oxygens (including phenoxy) is 2. The van der Waals surface area contributed by atoms with Crippen molar-refractivity contribution >= 4 is 0 Å². The summed E-state index contributed by atoms with van der Waals surface area (Å²) in [5, 5.41) is 0. The molecule has 0 atom stereocenters. The molecule has 1 aromatic rings. The maximum atomic E-state index is 5.04. The first-order chi connectivity index (χ1) is 4.97. The van der Waals surface area contributed by atoms with Crippen LogP contribution < -0.4 is 4.74 Å². The van der Waals surface area contributed by atoms with Gasteiger partial charge in [0.05, 0.1) is 6.61 Å². The normalized spacial score (nSPS) is 15.6. The van der Waals surface area contributed by atoms with Crippen molar-refractivity contribution in [3.63, 3.8) is 0 Å². The van der Waals surface area contributed by atoms with E-state index in [-0.39, 0.29) is 0 Å². The van der Waals surface area contributed by atoms with Crippen LogP contribution in [0, 0.1) is 12.9 Å². The van der Waals surface area contributed by atoms with Gasteiger partial charge in [0.25, 0.3) is 6.79 Å². The number of benzene rings is 1. The van der Waals surface area contributed by atoms with E-state index in [4.69, 9.17) is 9.47 Å². The number of fused-ring (bicyclic) bond motifs is 1. The smallest absolute Gasteiger partial charge is 0.263 e. The highest BCUT2D eigenvalue weighted by Crippen LogP contribution is 2.23. The minimum atomic E-state index is 0.601. The molecule has 0 saturated heterocycles. The molecule has 0 aliphatic carbocycles. The maximum Gasteiger partial charge on any atom is 0.263 e. The number of rotatable bonds is 0. The molecule has 1 aliphatic heterocycles. The molecule has 0 saturated carbocycles. The summed E-state index contributed by atoms with van der Waals surface area (Å²) in [6.45, 7) is 1.94. The molecular weight excluding hydrogens is 128 g/mol. The van der Waals surface area contributed by atoms with Crippen LogP contribution in [-0.2, 0) is 11.3 Å². The monoisotopic (exact) mass is 134 g/mol. The first-order valence-corrected chi connectivity index (χ1v) is 3.06. The summed E-state index contributed by atoms with van der Waals surface area (Å²) in [5.74, 6) is 0.841. The Morgan fingerprint density at radius 3 is 3.40 bits per heavy atom. The molecule has 0 fully saturated rings. The average molecular weight is 134 g/mol. The summed E-state index contributed by atoms with van der Waals surface area (Å²) in [5.41, 5.74) is 1.07. The van der Waals surface area contributed by atoms with E-state index in [0.29, 0.717) is 6.61 Å². The van der Waals surface area contributed by atoms with Crippen molar-refractivity contribution < 1.29 is 9.47 Å². The zero-order valence-electron chi connectivity index (χ0n) is 5.33. The first-order valence-electron chi connectivity index (χ1n) is 3.06. The summed E-state index contributed by atoms with van der Waals surface area (Å²) in [6, 6.07) is 8.50. The van der Waals surface area contributed by atoms with Gasteiger partial charge in [0, 0.05) is 5.56 Å². The molecule has 2 radical (unpaired) electrons. The van der Waals surface area contributed by atoms with Gasteiger partial charge in [-0.15, -0.1) is 0 Å². The maximum absolute atomic E-state index is 5.04. The second-order valence-electron chi connectivity index (χ2n) is 2.06. The molecule has 2 nitrogen and oxygen atoms in total. The largest absolute Gasteiger partial charge is 0.458 e. The average Bonchev–Trinajstić information content (AvgIpc) is 2.05. The van der Waals surface area contributed by atoms with Crippen LogP contribution >= 0.6 is 0 Å². The molecule has 1 aromatic carbocycles. The van der Waals surface area contributed by atoms with Crippen molar-refractivity contribution in [3.8, 4) is 5.75 Å². The highest BCUT2D eigenvalue weighted by atomic mass is 16.7. The molecule has 0 amide bonds. The van der Waals surface area contributed by atoms with Gasteiger partial charge in [0.15, 0.2) is 0 Å². The zero-order chi connectivity index (χ0) is 6.81. The Balaban J connectivity index is 2.41. The van der Waals surface area contributed by atoms with Crippen LogP contribution in [0.2, 0.25) is 0 Å². The van der Waals surface area contributed by atoms with Crippen LogP contribution in [0.4, 0.5) is 0 Å². The lowest BCUT2D eigenvalue weighted by molar-refractivity contribution is 0.0577. The van der Waals surface area contributed by atoms with Crippen molar-refractivity contribution in [2.75, 3.05) is 0 Å². The lowest BCUT2D eigenvalue weighted by Crippen LogP contribution is -2.05. The van der Waals surface area contributed by atoms with Gasteiger partial charge in [0.2, 0.25) is 0 Å². The van der Waals surface area contributed by atoms with Crippen LogP contribution in [0.1, 0.15) is 5.56 Å². The molecule has 2 rings (SSSR count). The first kappa shape index (κ1) is 5.74. The molecular formula is C8H6O2. The van der Waals surface area contributed by atoms with Crippen molar-refractivity contribution in [1.82, 2.24) is 0 Å². The van der Waals surface area contributed by atoms with Gasteiger partial charge in [0.1, 0.15) is 5.75 Å². The third kappa shape index (κ3) is 0.866. The van der Waals surface area contributed by atoms with E-state index in [1.807, 2.05) is 12.1 Å². The van der Waals surface area contributed by atoms with Gasteiger partial charge in [-0.05, 0) is 12.1 Å². The fourth-order valence-corrected chi connectivity index (χ4v) is 0.886. The van der Waals surface area contributed by atoms with Gasteiger partial charge < -0.3 is 9.47 Å². The van der Waals surface area contributed by atoms with Crippen molar-refractivity contribution in [1.29, 1.82) is 0 Å². The molecule has 0 N–H and O–H groups in total. The molecule has 1 aliphatic rings. The van der Waals surface area contributed by atoms with Crippen LogP contribution in [0.15, 0.2) is 18.2 Å². The minimum Gasteiger partial charge on any atom is -0.458 e. The standard InChI is InChI=1S/C8H6O2/c1-2-4-8-7(3-1)5-9-6-10-8/h1,3-4,6H,5H2. The number of hydrogen-bond acceptors (Lipinski definition) is 2. The molecule has 0 spiro atoms. The summed E-state index contributed by atoms with van der Waals surface area (Å²) in [4.78, 5) is 0. The van der Waals surface area contributed by atoms with Gasteiger partial charge >= 0.3 is 0 Å². The van der Waals surface area contributed by atoms with Crippen LogP contribution in [-0.4, -0.2) is 0 Å². The number of hydrogen-bond donors (Lipinski definition) is 0. The molecule has 0 unspecified atom stereocenters. The lowest BCUT2D eigenvalue weighted by atomic mass is 10.2. The van der Waals surface area contributed by atoms with Crippen LogP contribution in [0.25, 0.3) is 0 Å². The summed E-state index contributed by atoms with van der Waals surface area (Å²) in [7, 11) is 0. The van der Waals surface area contributed by atoms with E-state index in [9.17, 15) is 0 Å². The van der Waals surface area contributed by atoms with Crippen molar-refractivity contribution in [2.45, 2.75) is 6.61 Å².